The van der Waals surface area contributed by atoms with Gasteiger partial charge in [-0.05, 0) is 42.4 Å². The first-order chi connectivity index (χ1) is 16.5. The van der Waals surface area contributed by atoms with Crippen molar-refractivity contribution in [2.75, 3.05) is 0 Å². The van der Waals surface area contributed by atoms with Crippen molar-refractivity contribution in [3.8, 4) is 0 Å². The summed E-state index contributed by atoms with van der Waals surface area (Å²) in [5.41, 5.74) is 3.45. The average Bonchev–Trinajstić information content (AvgIpc) is 3.56. The van der Waals surface area contributed by atoms with E-state index in [1.807, 2.05) is 65.8 Å². The van der Waals surface area contributed by atoms with Gasteiger partial charge in [0.25, 0.3) is 0 Å². The molecule has 0 unspecified atom stereocenters. The maximum absolute atomic E-state index is 13.4. The Kier molecular flexibility index (Phi) is 6.48. The van der Waals surface area contributed by atoms with E-state index in [0.29, 0.717) is 16.3 Å². The highest BCUT2D eigenvalue weighted by Crippen LogP contribution is 2.46. The Morgan fingerprint density at radius 2 is 1.88 bits per heavy atom. The molecule has 1 N–H and O–H groups in total. The number of amidine groups is 1. The Morgan fingerprint density at radius 1 is 1.15 bits per heavy atom. The van der Waals surface area contributed by atoms with Crippen molar-refractivity contribution in [2.45, 2.75) is 44.9 Å². The normalized spacial score (nSPS) is 19.4. The predicted octanol–water partition coefficient (Wildman–Crippen LogP) is 5.33. The SMILES string of the molecule is CC1=C(C(=O)OCc2ccccc2)[C@@H](c2ccccc2Cl)N2C(CC(=O)NC3CC3)=CSC2=N1. The number of carbonyl (C=O) groups is 2. The number of ether oxygens (including phenoxy) is 1. The number of halogens is 1. The van der Waals surface area contributed by atoms with Gasteiger partial charge in [0, 0.05) is 16.8 Å². The zero-order valence-electron chi connectivity index (χ0n) is 18.7. The number of aliphatic imine (C=N–C) groups is 1. The van der Waals surface area contributed by atoms with Gasteiger partial charge in [-0.3, -0.25) is 4.79 Å². The van der Waals surface area contributed by atoms with Crippen LogP contribution >= 0.6 is 23.4 Å². The summed E-state index contributed by atoms with van der Waals surface area (Å²) in [5.74, 6) is -0.485. The van der Waals surface area contributed by atoms with Crippen LogP contribution in [-0.4, -0.2) is 28.0 Å². The van der Waals surface area contributed by atoms with Crippen molar-refractivity contribution >= 4 is 40.4 Å². The topological polar surface area (TPSA) is 71.0 Å². The molecular weight excluding hydrogens is 470 g/mol. The van der Waals surface area contributed by atoms with Crippen molar-refractivity contribution in [1.82, 2.24) is 10.2 Å². The van der Waals surface area contributed by atoms with Gasteiger partial charge >= 0.3 is 5.97 Å². The maximum atomic E-state index is 13.4. The number of allylic oxidation sites excluding steroid dienone is 1. The van der Waals surface area contributed by atoms with E-state index in [2.05, 4.69) is 5.32 Å². The number of hydrogen-bond donors (Lipinski definition) is 1. The summed E-state index contributed by atoms with van der Waals surface area (Å²) in [4.78, 5) is 32.7. The van der Waals surface area contributed by atoms with Gasteiger partial charge in [0.1, 0.15) is 6.61 Å². The highest BCUT2D eigenvalue weighted by atomic mass is 35.5. The third-order valence-electron chi connectivity index (χ3n) is 5.92. The molecule has 2 aromatic rings. The fourth-order valence-electron chi connectivity index (χ4n) is 4.09. The molecule has 1 aliphatic carbocycles. The minimum Gasteiger partial charge on any atom is -0.457 e. The Balaban J connectivity index is 1.47. The number of amides is 1. The molecule has 0 aromatic heterocycles. The van der Waals surface area contributed by atoms with Crippen molar-refractivity contribution in [2.24, 2.45) is 4.99 Å². The lowest BCUT2D eigenvalue weighted by atomic mass is 9.93. The van der Waals surface area contributed by atoms with Crippen LogP contribution in [0.4, 0.5) is 0 Å². The molecule has 1 atom stereocenters. The minimum atomic E-state index is -0.542. The third-order valence-corrected chi connectivity index (χ3v) is 7.15. The molecule has 1 fully saturated rings. The van der Waals surface area contributed by atoms with Crippen LogP contribution in [0.25, 0.3) is 0 Å². The van der Waals surface area contributed by atoms with Crippen molar-refractivity contribution in [3.05, 3.63) is 93.1 Å². The Hall–Kier alpha value is -3.03. The van der Waals surface area contributed by atoms with E-state index in [1.54, 1.807) is 6.07 Å². The van der Waals surface area contributed by atoms with E-state index in [1.165, 1.54) is 11.8 Å². The molecule has 6 nitrogen and oxygen atoms in total. The number of carbonyl (C=O) groups excluding carboxylic acids is 2. The highest BCUT2D eigenvalue weighted by Gasteiger charge is 2.42. The lowest BCUT2D eigenvalue weighted by Crippen LogP contribution is -2.38. The second kappa shape index (κ2) is 9.68. The maximum Gasteiger partial charge on any atom is 0.338 e. The molecule has 0 radical (unpaired) electrons. The second-order valence-electron chi connectivity index (χ2n) is 8.49. The Morgan fingerprint density at radius 3 is 2.62 bits per heavy atom. The molecule has 34 heavy (non-hydrogen) atoms. The van der Waals surface area contributed by atoms with Gasteiger partial charge in [-0.25, -0.2) is 9.79 Å². The van der Waals surface area contributed by atoms with Crippen molar-refractivity contribution in [3.63, 3.8) is 0 Å². The number of rotatable bonds is 7. The fraction of sp³-hybridized carbons (Fsp3) is 0.269. The molecule has 1 saturated carbocycles. The van der Waals surface area contributed by atoms with E-state index >= 15 is 0 Å². The Bertz CT molecular complexity index is 1220. The number of benzene rings is 2. The molecule has 8 heteroatoms. The number of hydrogen-bond acceptors (Lipinski definition) is 6. The van der Waals surface area contributed by atoms with Crippen LogP contribution in [0.15, 0.2) is 82.0 Å². The molecule has 2 heterocycles. The van der Waals surface area contributed by atoms with Gasteiger partial charge in [0.2, 0.25) is 5.91 Å². The summed E-state index contributed by atoms with van der Waals surface area (Å²) < 4.78 is 5.71. The summed E-state index contributed by atoms with van der Waals surface area (Å²) in [7, 11) is 0. The minimum absolute atomic E-state index is 0.0343. The standard InChI is InChI=1S/C26H24ClN3O3S/c1-16-23(25(32)33-14-17-7-3-2-4-8-17)24(20-9-5-6-10-21(20)27)30-19(15-34-26(30)28-16)13-22(31)29-18-11-12-18/h2-10,15,18,24H,11-14H2,1H3,(H,29,31)/t24-/m1/s1. The molecule has 0 saturated heterocycles. The fourth-order valence-corrected chi connectivity index (χ4v) is 5.30. The predicted molar refractivity (Wildman–Crippen MR) is 134 cm³/mol. The summed E-state index contributed by atoms with van der Waals surface area (Å²) in [6.45, 7) is 1.97. The Labute approximate surface area is 207 Å². The third kappa shape index (κ3) is 4.76. The number of esters is 1. The lowest BCUT2D eigenvalue weighted by Gasteiger charge is -2.36. The number of nitrogens with one attached hydrogen (secondary N) is 1. The van der Waals surface area contributed by atoms with E-state index in [0.717, 1.165) is 34.8 Å². The summed E-state index contributed by atoms with van der Waals surface area (Å²) in [5, 5.41) is 6.22. The van der Waals surface area contributed by atoms with Crippen LogP contribution in [0, 0.1) is 0 Å². The molecule has 2 aliphatic heterocycles. The van der Waals surface area contributed by atoms with Gasteiger partial charge in [0.15, 0.2) is 5.17 Å². The summed E-state index contributed by atoms with van der Waals surface area (Å²) in [6.07, 6.45) is 2.25. The van der Waals surface area contributed by atoms with E-state index in [-0.39, 0.29) is 25.0 Å². The first-order valence-electron chi connectivity index (χ1n) is 11.2. The zero-order valence-corrected chi connectivity index (χ0v) is 20.2. The molecule has 5 rings (SSSR count). The average molecular weight is 494 g/mol. The lowest BCUT2D eigenvalue weighted by molar-refractivity contribution is -0.141. The van der Waals surface area contributed by atoms with E-state index < -0.39 is 12.0 Å². The van der Waals surface area contributed by atoms with Gasteiger partial charge in [-0.2, -0.15) is 0 Å². The molecule has 1 amide bonds. The summed E-state index contributed by atoms with van der Waals surface area (Å²) in [6, 6.07) is 16.7. The van der Waals surface area contributed by atoms with Crippen molar-refractivity contribution < 1.29 is 14.3 Å². The van der Waals surface area contributed by atoms with Crippen LogP contribution in [0.5, 0.6) is 0 Å². The van der Waals surface area contributed by atoms with Gasteiger partial charge in [-0.1, -0.05) is 71.9 Å². The van der Waals surface area contributed by atoms with Crippen LogP contribution in [0.3, 0.4) is 0 Å². The molecular formula is C26H24ClN3O3S. The molecule has 0 spiro atoms. The summed E-state index contributed by atoms with van der Waals surface area (Å²) >= 11 is 8.07. The number of nitrogens with zero attached hydrogens (tertiary/aromatic N) is 2. The van der Waals surface area contributed by atoms with E-state index in [4.69, 9.17) is 21.3 Å². The van der Waals surface area contributed by atoms with Crippen LogP contribution in [-0.2, 0) is 20.9 Å². The quantitative estimate of drug-likeness (QED) is 0.528. The van der Waals surface area contributed by atoms with Crippen LogP contribution < -0.4 is 5.32 Å². The highest BCUT2D eigenvalue weighted by molar-refractivity contribution is 8.16. The number of fused-ring (bicyclic) bond motifs is 1. The first kappa shape index (κ1) is 22.7. The van der Waals surface area contributed by atoms with Gasteiger partial charge < -0.3 is 15.0 Å². The second-order valence-corrected chi connectivity index (χ2v) is 9.74. The van der Waals surface area contributed by atoms with Crippen LogP contribution in [0.1, 0.15) is 43.4 Å². The molecule has 0 bridgehead atoms. The smallest absolute Gasteiger partial charge is 0.338 e. The molecule has 3 aliphatic rings. The molecule has 174 valence electrons. The first-order valence-corrected chi connectivity index (χ1v) is 12.5. The largest absolute Gasteiger partial charge is 0.457 e. The zero-order chi connectivity index (χ0) is 23.7. The monoisotopic (exact) mass is 493 g/mol. The van der Waals surface area contributed by atoms with E-state index in [9.17, 15) is 9.59 Å². The van der Waals surface area contributed by atoms with Gasteiger partial charge in [-0.15, -0.1) is 0 Å². The molecule has 2 aromatic carbocycles. The van der Waals surface area contributed by atoms with Crippen molar-refractivity contribution in [1.29, 1.82) is 0 Å². The van der Waals surface area contributed by atoms with Gasteiger partial charge in [0.05, 0.1) is 23.7 Å². The number of thioether (sulfide) groups is 1. The van der Waals surface area contributed by atoms with Crippen LogP contribution in [0.2, 0.25) is 5.02 Å².